The second-order valence-electron chi connectivity index (χ2n) is 3.33. The monoisotopic (exact) mass is 208 g/mol. The van der Waals surface area contributed by atoms with Crippen LogP contribution in [-0.4, -0.2) is 15.8 Å². The van der Waals surface area contributed by atoms with E-state index in [4.69, 9.17) is 0 Å². The lowest BCUT2D eigenvalue weighted by Gasteiger charge is -1.99. The zero-order valence-corrected chi connectivity index (χ0v) is 8.08. The van der Waals surface area contributed by atoms with Gasteiger partial charge in [0, 0.05) is 6.07 Å². The van der Waals surface area contributed by atoms with Crippen LogP contribution in [0.25, 0.3) is 11.0 Å². The van der Waals surface area contributed by atoms with E-state index in [-0.39, 0.29) is 12.4 Å². The van der Waals surface area contributed by atoms with E-state index in [0.29, 0.717) is 22.9 Å². The molecular formula is C10H9FN2O2. The van der Waals surface area contributed by atoms with E-state index in [1.807, 2.05) is 0 Å². The third-order valence-corrected chi connectivity index (χ3v) is 2.31. The molecule has 0 bridgehead atoms. The number of aryl methyl sites for hydroxylation is 1. The summed E-state index contributed by atoms with van der Waals surface area (Å²) in [6, 6.07) is 2.80. The molecular weight excluding hydrogens is 199 g/mol. The van der Waals surface area contributed by atoms with E-state index in [1.165, 1.54) is 10.6 Å². The van der Waals surface area contributed by atoms with Crippen LogP contribution in [0.5, 0.6) is 0 Å². The average Bonchev–Trinajstić information content (AvgIpc) is 2.46. The molecule has 1 aromatic heterocycles. The maximum absolute atomic E-state index is 13.3. The normalized spacial score (nSPS) is 10.8. The highest BCUT2D eigenvalue weighted by molar-refractivity contribution is 5.77. The van der Waals surface area contributed by atoms with Crippen molar-refractivity contribution in [1.29, 1.82) is 0 Å². The first kappa shape index (κ1) is 9.64. The van der Waals surface area contributed by atoms with Gasteiger partial charge in [0.1, 0.15) is 12.1 Å². The van der Waals surface area contributed by atoms with Gasteiger partial charge in [-0.3, -0.25) is 4.57 Å². The minimum atomic E-state index is -0.401. The number of fused-ring (bicyclic) bond motifs is 1. The molecule has 1 N–H and O–H groups in total. The van der Waals surface area contributed by atoms with Crippen molar-refractivity contribution >= 4 is 17.3 Å². The molecule has 1 aromatic carbocycles. The summed E-state index contributed by atoms with van der Waals surface area (Å²) in [4.78, 5) is 24.3. The number of aromatic nitrogens is 2. The number of benzene rings is 1. The zero-order valence-electron chi connectivity index (χ0n) is 8.08. The Kier molecular flexibility index (Phi) is 2.15. The molecule has 0 aliphatic heterocycles. The van der Waals surface area contributed by atoms with Crippen LogP contribution >= 0.6 is 0 Å². The third kappa shape index (κ3) is 1.45. The van der Waals surface area contributed by atoms with E-state index >= 15 is 0 Å². The number of nitrogens with one attached hydrogen (secondary N) is 1. The lowest BCUT2D eigenvalue weighted by atomic mass is 10.2. The first-order valence-corrected chi connectivity index (χ1v) is 4.46. The number of aldehydes is 1. The van der Waals surface area contributed by atoms with E-state index in [1.54, 1.807) is 13.0 Å². The second kappa shape index (κ2) is 3.34. The van der Waals surface area contributed by atoms with E-state index in [0.717, 1.165) is 0 Å². The fourth-order valence-corrected chi connectivity index (χ4v) is 1.54. The molecule has 0 aliphatic rings. The molecule has 0 radical (unpaired) electrons. The van der Waals surface area contributed by atoms with Crippen molar-refractivity contribution in [2.45, 2.75) is 13.5 Å². The van der Waals surface area contributed by atoms with Crippen molar-refractivity contribution in [2.24, 2.45) is 0 Å². The minimum Gasteiger partial charge on any atom is -0.306 e. The predicted molar refractivity (Wildman–Crippen MR) is 53.3 cm³/mol. The molecule has 2 rings (SSSR count). The molecule has 5 heteroatoms. The van der Waals surface area contributed by atoms with Crippen LogP contribution in [0.1, 0.15) is 5.56 Å². The first-order chi connectivity index (χ1) is 7.13. The smallest absolute Gasteiger partial charge is 0.306 e. The van der Waals surface area contributed by atoms with Gasteiger partial charge in [-0.05, 0) is 18.6 Å². The Bertz CT molecular complexity index is 583. The molecule has 0 aliphatic carbocycles. The van der Waals surface area contributed by atoms with Gasteiger partial charge in [-0.1, -0.05) is 0 Å². The Labute approximate surface area is 84.3 Å². The third-order valence-electron chi connectivity index (χ3n) is 2.31. The molecule has 2 aromatic rings. The van der Waals surface area contributed by atoms with Gasteiger partial charge in [-0.2, -0.15) is 0 Å². The molecule has 4 nitrogen and oxygen atoms in total. The number of imidazole rings is 1. The molecule has 1 heterocycles. The van der Waals surface area contributed by atoms with Gasteiger partial charge >= 0.3 is 5.69 Å². The quantitative estimate of drug-likeness (QED) is 0.748. The minimum absolute atomic E-state index is 0.0681. The van der Waals surface area contributed by atoms with Crippen LogP contribution in [0.4, 0.5) is 4.39 Å². The summed E-state index contributed by atoms with van der Waals surface area (Å²) in [7, 11) is 0. The average molecular weight is 208 g/mol. The van der Waals surface area contributed by atoms with Crippen LogP contribution in [-0.2, 0) is 11.3 Å². The second-order valence-corrected chi connectivity index (χ2v) is 3.33. The summed E-state index contributed by atoms with van der Waals surface area (Å²) >= 11 is 0. The van der Waals surface area contributed by atoms with Crippen molar-refractivity contribution in [3.8, 4) is 0 Å². The summed E-state index contributed by atoms with van der Waals surface area (Å²) < 4.78 is 14.5. The fraction of sp³-hybridized carbons (Fsp3) is 0.200. The van der Waals surface area contributed by atoms with Crippen molar-refractivity contribution in [2.75, 3.05) is 0 Å². The molecule has 78 valence electrons. The molecule has 0 amide bonds. The highest BCUT2D eigenvalue weighted by Gasteiger charge is 2.08. The molecule has 0 fully saturated rings. The van der Waals surface area contributed by atoms with Gasteiger partial charge in [-0.25, -0.2) is 9.18 Å². The highest BCUT2D eigenvalue weighted by Crippen LogP contribution is 2.15. The summed E-state index contributed by atoms with van der Waals surface area (Å²) in [6.45, 7) is 1.55. The lowest BCUT2D eigenvalue weighted by molar-refractivity contribution is -0.108. The highest BCUT2D eigenvalue weighted by atomic mass is 19.1. The van der Waals surface area contributed by atoms with Crippen molar-refractivity contribution in [1.82, 2.24) is 9.55 Å². The molecule has 15 heavy (non-hydrogen) atoms. The summed E-state index contributed by atoms with van der Waals surface area (Å²) in [5.41, 5.74) is 1.01. The number of rotatable bonds is 2. The fourth-order valence-electron chi connectivity index (χ4n) is 1.54. The Morgan fingerprint density at radius 2 is 2.27 bits per heavy atom. The Morgan fingerprint density at radius 1 is 1.53 bits per heavy atom. The van der Waals surface area contributed by atoms with Crippen LogP contribution < -0.4 is 5.69 Å². The number of carbonyl (C=O) groups excluding carboxylic acids is 1. The zero-order chi connectivity index (χ0) is 11.0. The van der Waals surface area contributed by atoms with E-state index in [2.05, 4.69) is 4.98 Å². The predicted octanol–water partition coefficient (Wildman–Crippen LogP) is 0.976. The molecule has 0 saturated heterocycles. The maximum Gasteiger partial charge on any atom is 0.326 e. The maximum atomic E-state index is 13.3. The Balaban J connectivity index is 2.81. The van der Waals surface area contributed by atoms with Crippen LogP contribution in [0.3, 0.4) is 0 Å². The standard InChI is InChI=1S/C10H9FN2O2/c1-6-4-8-9(5-7(6)11)13(2-3-14)10(15)12-8/h3-5H,2H2,1H3,(H,12,15). The Morgan fingerprint density at radius 3 is 2.93 bits per heavy atom. The van der Waals surface area contributed by atoms with Gasteiger partial charge in [0.05, 0.1) is 17.6 Å². The van der Waals surface area contributed by atoms with E-state index < -0.39 is 5.69 Å². The van der Waals surface area contributed by atoms with Gasteiger partial charge in [0.15, 0.2) is 0 Å². The van der Waals surface area contributed by atoms with Gasteiger partial charge in [-0.15, -0.1) is 0 Å². The van der Waals surface area contributed by atoms with Crippen molar-refractivity contribution in [3.05, 3.63) is 34.0 Å². The SMILES string of the molecule is Cc1cc2[nH]c(=O)n(CC=O)c2cc1F. The van der Waals surface area contributed by atoms with Crippen molar-refractivity contribution < 1.29 is 9.18 Å². The van der Waals surface area contributed by atoms with Gasteiger partial charge in [0.25, 0.3) is 0 Å². The largest absolute Gasteiger partial charge is 0.326 e. The molecule has 0 unspecified atom stereocenters. The van der Waals surface area contributed by atoms with E-state index in [9.17, 15) is 14.0 Å². The number of aromatic amines is 1. The number of H-pyrrole nitrogens is 1. The van der Waals surface area contributed by atoms with Gasteiger partial charge in [0.2, 0.25) is 0 Å². The molecule has 0 atom stereocenters. The number of carbonyl (C=O) groups is 1. The number of nitrogens with zero attached hydrogens (tertiary/aromatic N) is 1. The van der Waals surface area contributed by atoms with Crippen molar-refractivity contribution in [3.63, 3.8) is 0 Å². The summed E-state index contributed by atoms with van der Waals surface area (Å²) in [5, 5.41) is 0. The summed E-state index contributed by atoms with van der Waals surface area (Å²) in [6.07, 6.45) is 0.604. The number of halogens is 1. The molecule has 0 saturated carbocycles. The molecule has 0 spiro atoms. The number of hydrogen-bond acceptors (Lipinski definition) is 2. The van der Waals surface area contributed by atoms with Gasteiger partial charge < -0.3 is 9.78 Å². The van der Waals surface area contributed by atoms with Crippen LogP contribution in [0.2, 0.25) is 0 Å². The van der Waals surface area contributed by atoms with Crippen LogP contribution in [0.15, 0.2) is 16.9 Å². The first-order valence-electron chi connectivity index (χ1n) is 4.46. The Hall–Kier alpha value is -1.91. The lowest BCUT2D eigenvalue weighted by Crippen LogP contribution is -2.17. The number of hydrogen-bond donors (Lipinski definition) is 1. The van der Waals surface area contributed by atoms with Crippen LogP contribution in [0, 0.1) is 12.7 Å². The topological polar surface area (TPSA) is 54.9 Å². The summed E-state index contributed by atoms with van der Waals surface area (Å²) in [5.74, 6) is -0.388.